The van der Waals surface area contributed by atoms with Gasteiger partial charge >= 0.3 is 0 Å². The molecule has 0 fully saturated rings. The van der Waals surface area contributed by atoms with E-state index < -0.39 is 0 Å². The van der Waals surface area contributed by atoms with Crippen molar-refractivity contribution in [1.82, 2.24) is 9.55 Å². The van der Waals surface area contributed by atoms with E-state index in [0.717, 1.165) is 61.1 Å². The maximum atomic E-state index is 6.69. The van der Waals surface area contributed by atoms with E-state index in [9.17, 15) is 0 Å². The summed E-state index contributed by atoms with van der Waals surface area (Å²) < 4.78 is 9.06. The zero-order chi connectivity index (χ0) is 37.0. The van der Waals surface area contributed by atoms with Gasteiger partial charge in [0.1, 0.15) is 11.2 Å². The maximum absolute atomic E-state index is 6.69. The minimum absolute atomic E-state index is 0.880. The van der Waals surface area contributed by atoms with Gasteiger partial charge in [-0.3, -0.25) is 4.98 Å². The van der Waals surface area contributed by atoms with Gasteiger partial charge in [0, 0.05) is 44.6 Å². The molecule has 3 aromatic heterocycles. The van der Waals surface area contributed by atoms with Crippen LogP contribution in [0.2, 0.25) is 0 Å². The minimum Gasteiger partial charge on any atom is -0.455 e. The summed E-state index contributed by atoms with van der Waals surface area (Å²) in [7, 11) is 0. The number of rotatable bonds is 6. The number of fused-ring (bicyclic) bond motifs is 6. The molecule has 0 N–H and O–H groups in total. The summed E-state index contributed by atoms with van der Waals surface area (Å²) in [6.07, 6.45) is 1.85. The molecule has 0 aliphatic heterocycles. The van der Waals surface area contributed by atoms with E-state index in [1.165, 1.54) is 44.1 Å². The van der Waals surface area contributed by atoms with E-state index in [4.69, 9.17) is 4.42 Å². The number of benzene rings is 8. The van der Waals surface area contributed by atoms with Gasteiger partial charge in [0.2, 0.25) is 0 Å². The Morgan fingerprint density at radius 2 is 0.964 bits per heavy atom. The summed E-state index contributed by atoms with van der Waals surface area (Å²) in [5.41, 5.74) is 16.6. The largest absolute Gasteiger partial charge is 0.455 e. The standard InChI is InChI=1S/C53H34N2O/c1-2-12-35(13-3-1)36-14-8-15-37(30-36)38-16-9-17-39(31-38)40-26-28-52-48(33-40)46-22-11-21-44(53(46)56-52)41-18-10-19-43(32-41)55-50-24-5-4-20-45(50)47-34-42(25-27-51(47)55)49-23-6-7-29-54-49/h1-34H. The summed E-state index contributed by atoms with van der Waals surface area (Å²) in [5.74, 6) is 0. The average Bonchev–Trinajstić information content (AvgIpc) is 3.82. The molecule has 0 atom stereocenters. The SMILES string of the molecule is c1ccc(-c2cccc(-c3cccc(-c4ccc5oc6c(-c7cccc(-n8c9ccccc9c9cc(-c%10ccccn%10)ccc98)c7)cccc6c5c4)c3)c2)cc1. The fourth-order valence-corrected chi connectivity index (χ4v) is 8.35. The van der Waals surface area contributed by atoms with Crippen LogP contribution in [0.25, 0.3) is 105 Å². The van der Waals surface area contributed by atoms with E-state index in [1.807, 2.05) is 18.3 Å². The maximum Gasteiger partial charge on any atom is 0.143 e. The molecule has 11 aromatic rings. The molecule has 0 aliphatic carbocycles. The predicted octanol–water partition coefficient (Wildman–Crippen LogP) is 14.4. The normalized spacial score (nSPS) is 11.6. The number of hydrogen-bond acceptors (Lipinski definition) is 2. The van der Waals surface area contributed by atoms with E-state index >= 15 is 0 Å². The van der Waals surface area contributed by atoms with Gasteiger partial charge in [0.25, 0.3) is 0 Å². The highest BCUT2D eigenvalue weighted by atomic mass is 16.3. The first-order chi connectivity index (χ1) is 27.7. The molecule has 0 bridgehead atoms. The van der Waals surface area contributed by atoms with Crippen LogP contribution in [-0.2, 0) is 0 Å². The molecule has 0 saturated heterocycles. The minimum atomic E-state index is 0.880. The topological polar surface area (TPSA) is 31.0 Å². The first-order valence-corrected chi connectivity index (χ1v) is 19.0. The highest BCUT2D eigenvalue weighted by Crippen LogP contribution is 2.40. The zero-order valence-corrected chi connectivity index (χ0v) is 30.4. The van der Waals surface area contributed by atoms with Crippen LogP contribution in [-0.4, -0.2) is 9.55 Å². The zero-order valence-electron chi connectivity index (χ0n) is 30.4. The fraction of sp³-hybridized carbons (Fsp3) is 0. The predicted molar refractivity (Wildman–Crippen MR) is 233 cm³/mol. The lowest BCUT2D eigenvalue weighted by molar-refractivity contribution is 0.670. The number of aromatic nitrogens is 2. The third-order valence-corrected chi connectivity index (χ3v) is 11.0. The smallest absolute Gasteiger partial charge is 0.143 e. The fourth-order valence-electron chi connectivity index (χ4n) is 8.35. The highest BCUT2D eigenvalue weighted by molar-refractivity contribution is 6.12. The molecule has 0 unspecified atom stereocenters. The monoisotopic (exact) mass is 714 g/mol. The van der Waals surface area contributed by atoms with Gasteiger partial charge in [-0.25, -0.2) is 0 Å². The molecule has 3 nitrogen and oxygen atoms in total. The van der Waals surface area contributed by atoms with Crippen molar-refractivity contribution >= 4 is 43.7 Å². The summed E-state index contributed by atoms with van der Waals surface area (Å²) in [6, 6.07) is 71.4. The Hall–Kier alpha value is -7.49. The molecule has 56 heavy (non-hydrogen) atoms. The average molecular weight is 715 g/mol. The molecule has 3 heterocycles. The van der Waals surface area contributed by atoms with Crippen LogP contribution in [0.5, 0.6) is 0 Å². The molecule has 0 amide bonds. The van der Waals surface area contributed by atoms with Crippen LogP contribution >= 0.6 is 0 Å². The van der Waals surface area contributed by atoms with Crippen molar-refractivity contribution in [1.29, 1.82) is 0 Å². The first-order valence-electron chi connectivity index (χ1n) is 19.0. The van der Waals surface area contributed by atoms with Gasteiger partial charge < -0.3 is 8.98 Å². The van der Waals surface area contributed by atoms with E-state index in [-0.39, 0.29) is 0 Å². The number of pyridine rings is 1. The molecule has 11 rings (SSSR count). The quantitative estimate of drug-likeness (QED) is 0.172. The number of furan rings is 1. The Morgan fingerprint density at radius 3 is 1.77 bits per heavy atom. The third-order valence-electron chi connectivity index (χ3n) is 11.0. The molecule has 262 valence electrons. The van der Waals surface area contributed by atoms with Gasteiger partial charge in [-0.1, -0.05) is 133 Å². The summed E-state index contributed by atoms with van der Waals surface area (Å²) in [4.78, 5) is 4.62. The molecule has 8 aromatic carbocycles. The van der Waals surface area contributed by atoms with Crippen molar-refractivity contribution in [3.63, 3.8) is 0 Å². The Morgan fingerprint density at radius 1 is 0.357 bits per heavy atom. The second kappa shape index (κ2) is 13.1. The molecule has 0 radical (unpaired) electrons. The lowest BCUT2D eigenvalue weighted by Crippen LogP contribution is -1.94. The van der Waals surface area contributed by atoms with Gasteiger partial charge in [-0.2, -0.15) is 0 Å². The Balaban J connectivity index is 0.981. The number of nitrogens with zero attached hydrogens (tertiary/aromatic N) is 2. The second-order valence-electron chi connectivity index (χ2n) is 14.4. The number of hydrogen-bond donors (Lipinski definition) is 0. The van der Waals surface area contributed by atoms with Gasteiger partial charge in [0.05, 0.1) is 16.7 Å². The van der Waals surface area contributed by atoms with E-state index in [1.54, 1.807) is 0 Å². The van der Waals surface area contributed by atoms with Crippen LogP contribution in [0.4, 0.5) is 0 Å². The molecule has 0 spiro atoms. The van der Waals surface area contributed by atoms with Gasteiger partial charge in [0.15, 0.2) is 0 Å². The van der Waals surface area contributed by atoms with Crippen molar-refractivity contribution in [3.05, 3.63) is 206 Å². The van der Waals surface area contributed by atoms with Crippen LogP contribution < -0.4 is 0 Å². The van der Waals surface area contributed by atoms with Crippen molar-refractivity contribution < 1.29 is 4.42 Å². The second-order valence-corrected chi connectivity index (χ2v) is 14.4. The summed E-state index contributed by atoms with van der Waals surface area (Å²) in [6.45, 7) is 0. The molecule has 3 heteroatoms. The van der Waals surface area contributed by atoms with Crippen molar-refractivity contribution in [2.75, 3.05) is 0 Å². The summed E-state index contributed by atoms with van der Waals surface area (Å²) in [5, 5.41) is 4.64. The van der Waals surface area contributed by atoms with Crippen LogP contribution in [0.15, 0.2) is 211 Å². The highest BCUT2D eigenvalue weighted by Gasteiger charge is 2.17. The summed E-state index contributed by atoms with van der Waals surface area (Å²) >= 11 is 0. The molecular weight excluding hydrogens is 681 g/mol. The van der Waals surface area contributed by atoms with Gasteiger partial charge in [-0.05, 0) is 106 Å². The van der Waals surface area contributed by atoms with Crippen molar-refractivity contribution in [2.24, 2.45) is 0 Å². The molecule has 0 saturated carbocycles. The Bertz CT molecular complexity index is 3250. The van der Waals surface area contributed by atoms with Crippen molar-refractivity contribution in [3.8, 4) is 61.5 Å². The Labute approximate surface area is 324 Å². The van der Waals surface area contributed by atoms with Gasteiger partial charge in [-0.15, -0.1) is 0 Å². The third kappa shape index (κ3) is 5.40. The number of para-hydroxylation sites is 2. The molecule has 0 aliphatic rings. The first kappa shape index (κ1) is 32.0. The van der Waals surface area contributed by atoms with Crippen LogP contribution in [0.1, 0.15) is 0 Å². The van der Waals surface area contributed by atoms with Crippen LogP contribution in [0.3, 0.4) is 0 Å². The van der Waals surface area contributed by atoms with Crippen LogP contribution in [0, 0.1) is 0 Å². The lowest BCUT2D eigenvalue weighted by Gasteiger charge is -2.11. The van der Waals surface area contributed by atoms with Crippen molar-refractivity contribution in [2.45, 2.75) is 0 Å². The Kier molecular flexibility index (Phi) is 7.49. The molecular formula is C53H34N2O. The lowest BCUT2D eigenvalue weighted by atomic mass is 9.95. The van der Waals surface area contributed by atoms with E-state index in [0.29, 0.717) is 0 Å². The van der Waals surface area contributed by atoms with E-state index in [2.05, 4.69) is 198 Å².